The van der Waals surface area contributed by atoms with Crippen molar-refractivity contribution in [1.29, 1.82) is 0 Å². The van der Waals surface area contributed by atoms with Gasteiger partial charge in [0.1, 0.15) is 5.82 Å². The molecule has 2 aromatic heterocycles. The minimum absolute atomic E-state index is 0.0752. The molecule has 0 radical (unpaired) electrons. The van der Waals surface area contributed by atoms with Crippen LogP contribution in [-0.4, -0.2) is 15.8 Å². The molecule has 0 aliphatic carbocycles. The lowest BCUT2D eigenvalue weighted by atomic mass is 9.33. The molecule has 0 N–H and O–H groups in total. The molecule has 12 rings (SSSR count). The van der Waals surface area contributed by atoms with Crippen molar-refractivity contribution in [2.24, 2.45) is 0 Å². The average molecular weight is 1100 g/mol. The summed E-state index contributed by atoms with van der Waals surface area (Å²) in [6.45, 7) is 46.4. The summed E-state index contributed by atoms with van der Waals surface area (Å²) in [5.74, 6) is 0.821. The van der Waals surface area contributed by atoms with Crippen LogP contribution >= 0.6 is 0 Å². The zero-order valence-corrected chi connectivity index (χ0v) is 51.3. The smallest absolute Gasteiger partial charge is 0.310 e. The van der Waals surface area contributed by atoms with E-state index >= 15 is 0 Å². The van der Waals surface area contributed by atoms with E-state index in [1.165, 1.54) is 50.7 Å². The predicted octanol–water partition coefficient (Wildman–Crippen LogP) is 19.5. The quantitative estimate of drug-likeness (QED) is 0.126. The van der Waals surface area contributed by atoms with E-state index in [9.17, 15) is 13.2 Å². The van der Waals surface area contributed by atoms with Gasteiger partial charge in [-0.1, -0.05) is 158 Å². The number of alkyl halides is 3. The van der Waals surface area contributed by atoms with Crippen molar-refractivity contribution in [3.05, 3.63) is 202 Å². The second kappa shape index (κ2) is 18.5. The van der Waals surface area contributed by atoms with Crippen molar-refractivity contribution in [2.75, 3.05) is 9.80 Å². The van der Waals surface area contributed by atoms with E-state index in [1.54, 1.807) is 12.1 Å². The van der Waals surface area contributed by atoms with Gasteiger partial charge in [-0.25, -0.2) is 4.85 Å². The largest absolute Gasteiger partial charge is 0.416 e. The Bertz CT molecular complexity index is 4260. The number of hydrogen-bond donors (Lipinski definition) is 0. The minimum atomic E-state index is -4.54. The number of nitrogens with zero attached hydrogens (tertiary/aromatic N) is 5. The van der Waals surface area contributed by atoms with Gasteiger partial charge in [-0.3, -0.25) is 9.47 Å². The van der Waals surface area contributed by atoms with Gasteiger partial charge in [-0.2, -0.15) is 13.2 Å². The van der Waals surface area contributed by atoms with Crippen molar-refractivity contribution in [3.8, 4) is 11.4 Å². The van der Waals surface area contributed by atoms with Gasteiger partial charge in [0.2, 0.25) is 0 Å². The van der Waals surface area contributed by atoms with Gasteiger partial charge in [-0.15, -0.1) is 0 Å². The number of aromatic nitrogens is 2. The Labute approximate surface area is 489 Å². The number of fused-ring (bicyclic) bond motifs is 9. The van der Waals surface area contributed by atoms with Crippen LogP contribution in [0.1, 0.15) is 148 Å². The molecule has 10 aromatic rings. The fourth-order valence-corrected chi connectivity index (χ4v) is 13.1. The third-order valence-corrected chi connectivity index (χ3v) is 17.7. The zero-order chi connectivity index (χ0) is 59.6. The highest BCUT2D eigenvalue weighted by atomic mass is 19.4. The topological polar surface area (TPSA) is 20.7 Å². The summed E-state index contributed by atoms with van der Waals surface area (Å²) in [5.41, 5.74) is 20.1. The molecule has 83 heavy (non-hydrogen) atoms. The lowest BCUT2D eigenvalue weighted by Gasteiger charge is -2.42. The Morgan fingerprint density at radius 1 is 0.434 bits per heavy atom. The predicted molar refractivity (Wildman–Crippen MR) is 346 cm³/mol. The first-order valence-electron chi connectivity index (χ1n) is 29.2. The van der Waals surface area contributed by atoms with Gasteiger partial charge in [0, 0.05) is 44.7 Å². The summed E-state index contributed by atoms with van der Waals surface area (Å²) in [6, 6.07) is 50.8. The van der Waals surface area contributed by atoms with Gasteiger partial charge in [0.05, 0.1) is 34.5 Å². The summed E-state index contributed by atoms with van der Waals surface area (Å²) < 4.78 is 48.5. The standard InChI is InChI=1S/C74H75BF3N5/c1-43-35-49(72(12,13)14)36-44(2)66(43)83-63-42-55(80(52-27-19-45(20-28-52)69(3,4)5)53-29-21-46(22-30-53)70(6,7)8)41-62-65(63)75(59-39-50(73(15,16)17)38-57-56-37-48(71(9,10)11)25-33-60(56)82(62)67(57)59)64-58-40-51(79-18)26-34-61(58)81(68(64)83)54-31-23-47(24-32-54)74(76,77)78/h19-42H,1-17H3. The Hall–Kier alpha value is -7.96. The lowest BCUT2D eigenvalue weighted by molar-refractivity contribution is -0.137. The van der Waals surface area contributed by atoms with Crippen molar-refractivity contribution in [3.63, 3.8) is 0 Å². The first-order valence-corrected chi connectivity index (χ1v) is 29.2. The van der Waals surface area contributed by atoms with Gasteiger partial charge in [0.15, 0.2) is 5.69 Å². The van der Waals surface area contributed by atoms with Gasteiger partial charge < -0.3 is 9.47 Å². The molecule has 420 valence electrons. The number of hydrogen-bond acceptors (Lipinski definition) is 2. The van der Waals surface area contributed by atoms with Crippen molar-refractivity contribution >= 4 is 95.8 Å². The van der Waals surface area contributed by atoms with Crippen LogP contribution in [0.5, 0.6) is 0 Å². The number of benzene rings is 8. The second-order valence-electron chi connectivity index (χ2n) is 28.8. The van der Waals surface area contributed by atoms with Crippen molar-refractivity contribution in [1.82, 2.24) is 9.13 Å². The van der Waals surface area contributed by atoms with Crippen molar-refractivity contribution < 1.29 is 13.2 Å². The highest BCUT2D eigenvalue weighted by Gasteiger charge is 2.47. The lowest BCUT2D eigenvalue weighted by Crippen LogP contribution is -2.60. The molecule has 8 aromatic carbocycles. The maximum absolute atomic E-state index is 14.6. The maximum atomic E-state index is 14.6. The second-order valence-corrected chi connectivity index (χ2v) is 28.8. The third-order valence-electron chi connectivity index (χ3n) is 17.7. The van der Waals surface area contributed by atoms with Crippen LogP contribution < -0.4 is 26.2 Å². The van der Waals surface area contributed by atoms with E-state index in [0.717, 1.165) is 89.4 Å². The molecule has 0 saturated heterocycles. The molecule has 5 nitrogen and oxygen atoms in total. The van der Waals surface area contributed by atoms with E-state index in [0.29, 0.717) is 11.4 Å². The number of rotatable bonds is 5. The van der Waals surface area contributed by atoms with Crippen LogP contribution in [0.25, 0.3) is 48.9 Å². The van der Waals surface area contributed by atoms with Crippen molar-refractivity contribution in [2.45, 2.75) is 151 Å². The highest BCUT2D eigenvalue weighted by Crippen LogP contribution is 2.51. The maximum Gasteiger partial charge on any atom is 0.416 e. The van der Waals surface area contributed by atoms with Gasteiger partial charge in [-0.05, 0) is 193 Å². The summed E-state index contributed by atoms with van der Waals surface area (Å²) >= 11 is 0. The Morgan fingerprint density at radius 3 is 1.42 bits per heavy atom. The minimum Gasteiger partial charge on any atom is -0.310 e. The van der Waals surface area contributed by atoms with E-state index in [1.807, 2.05) is 18.2 Å². The first kappa shape index (κ1) is 55.6. The summed E-state index contributed by atoms with van der Waals surface area (Å²) in [4.78, 5) is 8.88. The van der Waals surface area contributed by atoms with E-state index < -0.39 is 18.5 Å². The summed E-state index contributed by atoms with van der Waals surface area (Å²) in [5, 5.41) is 3.22. The molecule has 2 aliphatic rings. The summed E-state index contributed by atoms with van der Waals surface area (Å²) in [6.07, 6.45) is -4.54. The fraction of sp³-hybridized carbons (Fsp3) is 0.311. The molecular weight excluding hydrogens is 1030 g/mol. The molecule has 2 aliphatic heterocycles. The Morgan fingerprint density at radius 2 is 0.904 bits per heavy atom. The highest BCUT2D eigenvalue weighted by molar-refractivity contribution is 7.01. The monoisotopic (exact) mass is 1100 g/mol. The molecule has 0 spiro atoms. The average Bonchev–Trinajstić information content (AvgIpc) is 2.58. The van der Waals surface area contributed by atoms with Crippen LogP contribution in [0.4, 0.5) is 53.1 Å². The molecule has 0 atom stereocenters. The number of anilines is 6. The van der Waals surface area contributed by atoms with Gasteiger partial charge >= 0.3 is 6.18 Å². The zero-order valence-electron chi connectivity index (χ0n) is 51.3. The molecule has 0 unspecified atom stereocenters. The fourth-order valence-electron chi connectivity index (χ4n) is 13.1. The van der Waals surface area contributed by atoms with Crippen LogP contribution in [0.2, 0.25) is 0 Å². The van der Waals surface area contributed by atoms with Crippen LogP contribution in [-0.2, 0) is 33.3 Å². The first-order chi connectivity index (χ1) is 38.7. The molecule has 0 amide bonds. The van der Waals surface area contributed by atoms with Crippen LogP contribution in [0, 0.1) is 20.4 Å². The third kappa shape index (κ3) is 9.05. The molecule has 9 heteroatoms. The van der Waals surface area contributed by atoms with Crippen LogP contribution in [0.15, 0.2) is 146 Å². The van der Waals surface area contributed by atoms with Crippen LogP contribution in [0.3, 0.4) is 0 Å². The molecule has 0 fully saturated rings. The SMILES string of the molecule is [C-]#[N+]c1ccc2c(c1)c1c(n2-c2ccc(C(F)(F)F)cc2)N(c2c(C)cc(C(C)(C)C)cc2C)c2cc(N(c3ccc(C(C)(C)C)cc3)c3ccc(C(C)(C)C)cc3)cc3c2B1c1cc(C(C)(C)C)cc2c4cc(C(C)(C)C)ccc4n-3c12. The number of halogens is 3. The Kier molecular flexibility index (Phi) is 12.4. The molecule has 0 bridgehead atoms. The van der Waals surface area contributed by atoms with E-state index in [2.05, 4.69) is 245 Å². The molecule has 0 saturated carbocycles. The summed E-state index contributed by atoms with van der Waals surface area (Å²) in [7, 11) is 0. The van der Waals surface area contributed by atoms with E-state index in [4.69, 9.17) is 6.57 Å². The molecule has 4 heterocycles. The number of aryl methyl sites for hydroxylation is 2. The van der Waals surface area contributed by atoms with Gasteiger partial charge in [0.25, 0.3) is 6.71 Å². The van der Waals surface area contributed by atoms with E-state index in [-0.39, 0.29) is 27.1 Å². The Balaban J connectivity index is 1.32. The normalized spacial score (nSPS) is 13.7. The molecular formula is C74H75BF3N5.